The van der Waals surface area contributed by atoms with E-state index in [0.29, 0.717) is 16.6 Å². The van der Waals surface area contributed by atoms with Crippen molar-refractivity contribution in [1.29, 1.82) is 0 Å². The highest BCUT2D eigenvalue weighted by atomic mass is 32.2. The Kier molecular flexibility index (Phi) is 7.33. The average molecular weight is 525 g/mol. The highest BCUT2D eigenvalue weighted by Crippen LogP contribution is 2.35. The number of benzene rings is 3. The number of ether oxygens (including phenoxy) is 1. The van der Waals surface area contributed by atoms with Crippen molar-refractivity contribution >= 4 is 57.1 Å². The summed E-state index contributed by atoms with van der Waals surface area (Å²) in [5.41, 5.74) is 4.44. The maximum atomic E-state index is 13.3. The van der Waals surface area contributed by atoms with Gasteiger partial charge >= 0.3 is 0 Å². The Bertz CT molecular complexity index is 1550. The minimum absolute atomic E-state index is 0.0845. The van der Waals surface area contributed by atoms with E-state index >= 15 is 0 Å². The van der Waals surface area contributed by atoms with Crippen molar-refractivity contribution in [2.75, 3.05) is 19.0 Å². The van der Waals surface area contributed by atoms with Gasteiger partial charge in [0, 0.05) is 34.9 Å². The van der Waals surface area contributed by atoms with Crippen LogP contribution in [0.25, 0.3) is 17.0 Å². The van der Waals surface area contributed by atoms with Gasteiger partial charge in [-0.05, 0) is 74.1 Å². The number of hydrogen-bond acceptors (Lipinski definition) is 5. The van der Waals surface area contributed by atoms with Gasteiger partial charge in [0.05, 0.1) is 17.7 Å². The fourth-order valence-electron chi connectivity index (χ4n) is 4.29. The number of fused-ring (bicyclic) bond motifs is 1. The van der Waals surface area contributed by atoms with E-state index in [9.17, 15) is 9.59 Å². The number of amidine groups is 1. The summed E-state index contributed by atoms with van der Waals surface area (Å²) in [5.74, 6) is 0.547. The summed E-state index contributed by atoms with van der Waals surface area (Å²) in [5, 5.41) is 4.56. The zero-order valence-corrected chi connectivity index (χ0v) is 22.3. The number of carbonyl (C=O) groups excluding carboxylic acids is 2. The van der Waals surface area contributed by atoms with Crippen LogP contribution in [0.1, 0.15) is 18.1 Å². The Hall–Kier alpha value is -4.30. The maximum absolute atomic E-state index is 13.3. The van der Waals surface area contributed by atoms with Crippen molar-refractivity contribution in [1.82, 2.24) is 9.47 Å². The number of aryl methyl sites for hydroxylation is 1. The van der Waals surface area contributed by atoms with E-state index in [-0.39, 0.29) is 18.4 Å². The number of nitrogens with zero attached hydrogens (tertiary/aromatic N) is 3. The highest BCUT2D eigenvalue weighted by Gasteiger charge is 2.32. The molecule has 0 unspecified atom stereocenters. The molecule has 0 atom stereocenters. The highest BCUT2D eigenvalue weighted by molar-refractivity contribution is 8.18. The van der Waals surface area contributed by atoms with Gasteiger partial charge in [-0.3, -0.25) is 14.5 Å². The van der Waals surface area contributed by atoms with Crippen LogP contribution in [-0.2, 0) is 16.1 Å². The number of rotatable bonds is 7. The second-order valence-corrected chi connectivity index (χ2v) is 9.91. The van der Waals surface area contributed by atoms with E-state index < -0.39 is 0 Å². The molecule has 1 aliphatic rings. The molecular weight excluding hydrogens is 496 g/mol. The summed E-state index contributed by atoms with van der Waals surface area (Å²) >= 11 is 1.35. The number of amides is 2. The third-order valence-electron chi connectivity index (χ3n) is 6.26. The SMILES string of the molecule is CCN1C(=O)/C(=C\c2cn(CC(=O)Nc3ccc(C)cc3)c3ccccc23)SC1=Nc1ccc(OC)cc1. The molecular formula is C30H28N4O3S. The summed E-state index contributed by atoms with van der Waals surface area (Å²) in [6, 6.07) is 23.0. The lowest BCUT2D eigenvalue weighted by Gasteiger charge is -2.12. The largest absolute Gasteiger partial charge is 0.497 e. The van der Waals surface area contributed by atoms with Gasteiger partial charge in [0.1, 0.15) is 12.3 Å². The van der Waals surface area contributed by atoms with Gasteiger partial charge in [0.2, 0.25) is 5.91 Å². The van der Waals surface area contributed by atoms with Crippen LogP contribution < -0.4 is 10.1 Å². The van der Waals surface area contributed by atoms with E-state index in [0.717, 1.165) is 39.2 Å². The molecule has 2 heterocycles. The zero-order chi connectivity index (χ0) is 26.6. The zero-order valence-electron chi connectivity index (χ0n) is 21.5. The van der Waals surface area contributed by atoms with E-state index in [1.165, 1.54) is 11.8 Å². The molecule has 5 rings (SSSR count). The molecule has 8 heteroatoms. The summed E-state index contributed by atoms with van der Waals surface area (Å²) in [6.45, 7) is 4.61. The topological polar surface area (TPSA) is 75.9 Å². The minimum atomic E-state index is -0.119. The van der Waals surface area contributed by atoms with Gasteiger partial charge in [-0.25, -0.2) is 4.99 Å². The van der Waals surface area contributed by atoms with Crippen LogP contribution in [0.15, 0.2) is 88.9 Å². The first kappa shape index (κ1) is 25.4. The predicted octanol–water partition coefficient (Wildman–Crippen LogP) is 6.22. The molecule has 0 saturated carbocycles. The fraction of sp³-hybridized carbons (Fsp3) is 0.167. The molecule has 1 N–H and O–H groups in total. The Balaban J connectivity index is 1.42. The molecule has 1 fully saturated rings. The first-order valence-electron chi connectivity index (χ1n) is 12.3. The van der Waals surface area contributed by atoms with Crippen molar-refractivity contribution in [3.8, 4) is 5.75 Å². The normalized spacial score (nSPS) is 15.6. The Morgan fingerprint density at radius 3 is 2.50 bits per heavy atom. The molecule has 1 aromatic heterocycles. The van der Waals surface area contributed by atoms with Crippen LogP contribution >= 0.6 is 11.8 Å². The van der Waals surface area contributed by atoms with Crippen LogP contribution in [-0.4, -0.2) is 40.1 Å². The Morgan fingerprint density at radius 1 is 1.05 bits per heavy atom. The molecule has 0 aliphatic carbocycles. The van der Waals surface area contributed by atoms with E-state index in [1.54, 1.807) is 12.0 Å². The number of aromatic nitrogens is 1. The van der Waals surface area contributed by atoms with Crippen molar-refractivity contribution < 1.29 is 14.3 Å². The molecule has 0 radical (unpaired) electrons. The number of thioether (sulfide) groups is 1. The van der Waals surface area contributed by atoms with Crippen LogP contribution in [0.5, 0.6) is 5.75 Å². The summed E-state index contributed by atoms with van der Waals surface area (Å²) in [6.07, 6.45) is 3.82. The monoisotopic (exact) mass is 524 g/mol. The number of para-hydroxylation sites is 1. The van der Waals surface area contributed by atoms with Crippen LogP contribution in [0.4, 0.5) is 11.4 Å². The van der Waals surface area contributed by atoms with Crippen molar-refractivity contribution in [3.63, 3.8) is 0 Å². The number of anilines is 1. The van der Waals surface area contributed by atoms with Crippen molar-refractivity contribution in [2.24, 2.45) is 4.99 Å². The maximum Gasteiger partial charge on any atom is 0.266 e. The average Bonchev–Trinajstić information content (AvgIpc) is 3.42. The second-order valence-electron chi connectivity index (χ2n) is 8.90. The smallest absolute Gasteiger partial charge is 0.266 e. The number of likely N-dealkylation sites (N-methyl/N-ethyl adjacent to an activating group) is 1. The lowest BCUT2D eigenvalue weighted by Crippen LogP contribution is -2.28. The van der Waals surface area contributed by atoms with Crippen molar-refractivity contribution in [2.45, 2.75) is 20.4 Å². The Labute approximate surface area is 225 Å². The summed E-state index contributed by atoms with van der Waals surface area (Å²) in [4.78, 5) is 33.0. The first-order chi connectivity index (χ1) is 18.4. The molecule has 3 aromatic carbocycles. The van der Waals surface area contributed by atoms with Gasteiger partial charge in [0.25, 0.3) is 5.91 Å². The molecule has 4 aromatic rings. The Morgan fingerprint density at radius 2 is 1.79 bits per heavy atom. The molecule has 2 amide bonds. The number of carbonyl (C=O) groups is 2. The lowest BCUT2D eigenvalue weighted by molar-refractivity contribution is -0.122. The number of nitrogens with one attached hydrogen (secondary N) is 1. The van der Waals surface area contributed by atoms with Gasteiger partial charge in [-0.2, -0.15) is 0 Å². The van der Waals surface area contributed by atoms with E-state index in [1.807, 2.05) is 103 Å². The molecule has 0 bridgehead atoms. The van der Waals surface area contributed by atoms with Gasteiger partial charge in [0.15, 0.2) is 5.17 Å². The van der Waals surface area contributed by atoms with Gasteiger partial charge in [-0.15, -0.1) is 0 Å². The molecule has 1 aliphatic heterocycles. The second kappa shape index (κ2) is 11.0. The first-order valence-corrected chi connectivity index (χ1v) is 13.2. The van der Waals surface area contributed by atoms with Crippen molar-refractivity contribution in [3.05, 3.63) is 95.0 Å². The van der Waals surface area contributed by atoms with E-state index in [4.69, 9.17) is 9.73 Å². The van der Waals surface area contributed by atoms with Gasteiger partial charge < -0.3 is 14.6 Å². The molecule has 1 saturated heterocycles. The molecule has 38 heavy (non-hydrogen) atoms. The summed E-state index contributed by atoms with van der Waals surface area (Å²) in [7, 11) is 1.62. The van der Waals surface area contributed by atoms with E-state index in [2.05, 4.69) is 5.32 Å². The standard InChI is InChI=1S/C30H28N4O3S/c1-4-34-29(36)27(38-30(34)32-23-13-15-24(37-3)16-14-23)17-21-18-33(26-8-6-5-7-25(21)26)19-28(35)31-22-11-9-20(2)10-12-22/h5-18H,4,19H2,1-3H3,(H,31,35)/b27-17+,32-30?. The van der Waals surface area contributed by atoms with Gasteiger partial charge in [-0.1, -0.05) is 35.9 Å². The predicted molar refractivity (Wildman–Crippen MR) is 155 cm³/mol. The molecule has 192 valence electrons. The quantitative estimate of drug-likeness (QED) is 0.291. The fourth-order valence-corrected chi connectivity index (χ4v) is 5.35. The van der Waals surface area contributed by atoms with Crippen LogP contribution in [0.3, 0.4) is 0 Å². The lowest BCUT2D eigenvalue weighted by atomic mass is 10.1. The molecule has 0 spiro atoms. The minimum Gasteiger partial charge on any atom is -0.497 e. The number of hydrogen-bond donors (Lipinski definition) is 1. The van der Waals surface area contributed by atoms with Crippen LogP contribution in [0.2, 0.25) is 0 Å². The third-order valence-corrected chi connectivity index (χ3v) is 7.26. The molecule has 7 nitrogen and oxygen atoms in total. The number of aliphatic imine (C=N–C) groups is 1. The van der Waals surface area contributed by atoms with Crippen LogP contribution in [0, 0.1) is 6.92 Å². The summed E-state index contributed by atoms with van der Waals surface area (Å²) < 4.78 is 7.14. The number of methoxy groups -OCH3 is 1. The third kappa shape index (κ3) is 5.35.